The summed E-state index contributed by atoms with van der Waals surface area (Å²) in [5.41, 5.74) is 0.846. The van der Waals surface area contributed by atoms with Crippen molar-refractivity contribution in [2.75, 3.05) is 7.11 Å². The van der Waals surface area contributed by atoms with E-state index < -0.39 is 21.4 Å². The maximum absolute atomic E-state index is 11.2. The lowest BCUT2D eigenvalue weighted by Gasteiger charge is -2.18. The van der Waals surface area contributed by atoms with E-state index in [1.54, 1.807) is 0 Å². The van der Waals surface area contributed by atoms with Crippen LogP contribution in [0.3, 0.4) is 0 Å². The van der Waals surface area contributed by atoms with Crippen LogP contribution in [-0.2, 0) is 14.8 Å². The third kappa shape index (κ3) is 2.97. The van der Waals surface area contributed by atoms with E-state index in [1.165, 1.54) is 25.4 Å². The fourth-order valence-electron chi connectivity index (χ4n) is 1.17. The van der Waals surface area contributed by atoms with Gasteiger partial charge in [0.15, 0.2) is 0 Å². The Bertz CT molecular complexity index is 427. The Hall–Kier alpha value is -0.500. The third-order valence-electron chi connectivity index (χ3n) is 2.08. The molecule has 0 saturated carbocycles. The number of aromatic nitrogens is 1. The highest BCUT2D eigenvalue weighted by Gasteiger charge is 2.29. The molecule has 0 aliphatic rings. The molecule has 0 aromatic carbocycles. The zero-order valence-corrected chi connectivity index (χ0v) is 10.4. The van der Waals surface area contributed by atoms with Gasteiger partial charge < -0.3 is 4.74 Å². The maximum atomic E-state index is 11.2. The number of methoxy groups -OCH3 is 1. The Kier molecular flexibility index (Phi) is 3.82. The fraction of sp³-hybridized carbons (Fsp3) is 0.625. The van der Waals surface area contributed by atoms with Crippen LogP contribution < -0.4 is 5.14 Å². The molecule has 1 rings (SSSR count). The summed E-state index contributed by atoms with van der Waals surface area (Å²) >= 11 is 1.37. The van der Waals surface area contributed by atoms with Crippen LogP contribution in [0.25, 0.3) is 0 Å². The molecule has 1 heterocycles. The molecule has 2 N–H and O–H groups in total. The van der Waals surface area contributed by atoms with Crippen molar-refractivity contribution in [1.29, 1.82) is 0 Å². The summed E-state index contributed by atoms with van der Waals surface area (Å²) in [6.45, 7) is 3.36. The van der Waals surface area contributed by atoms with Crippen LogP contribution in [0.2, 0.25) is 0 Å². The number of hydrogen-bond acceptors (Lipinski definition) is 5. The van der Waals surface area contributed by atoms with Gasteiger partial charge in [-0.05, 0) is 13.8 Å². The van der Waals surface area contributed by atoms with E-state index in [4.69, 9.17) is 9.88 Å². The summed E-state index contributed by atoms with van der Waals surface area (Å²) in [6, 6.07) is 0. The number of primary sulfonamides is 1. The predicted molar refractivity (Wildman–Crippen MR) is 59.2 cm³/mol. The first-order valence-electron chi connectivity index (χ1n) is 4.32. The molecule has 0 aliphatic heterocycles. The van der Waals surface area contributed by atoms with E-state index >= 15 is 0 Å². The van der Waals surface area contributed by atoms with Gasteiger partial charge in [0.1, 0.15) is 16.4 Å². The van der Waals surface area contributed by atoms with Crippen LogP contribution in [0.5, 0.6) is 0 Å². The molecule has 2 unspecified atom stereocenters. The van der Waals surface area contributed by atoms with Gasteiger partial charge in [-0.1, -0.05) is 0 Å². The molecule has 0 fully saturated rings. The van der Waals surface area contributed by atoms with Crippen molar-refractivity contribution in [3.63, 3.8) is 0 Å². The molecule has 86 valence electrons. The fourth-order valence-corrected chi connectivity index (χ4v) is 2.81. The Balaban J connectivity index is 2.99. The number of thiazole rings is 1. The van der Waals surface area contributed by atoms with Crippen LogP contribution in [0, 0.1) is 6.92 Å². The first-order chi connectivity index (χ1) is 6.86. The van der Waals surface area contributed by atoms with Crippen molar-refractivity contribution >= 4 is 21.4 Å². The molecular formula is C8H14N2O3S2. The smallest absolute Gasteiger partial charge is 0.214 e. The van der Waals surface area contributed by atoms with Crippen LogP contribution in [-0.4, -0.2) is 25.8 Å². The summed E-state index contributed by atoms with van der Waals surface area (Å²) < 4.78 is 27.5. The number of ether oxygens (including phenoxy) is 1. The molecule has 0 aliphatic carbocycles. The molecule has 0 amide bonds. The summed E-state index contributed by atoms with van der Waals surface area (Å²) in [6.07, 6.45) is -0.598. The second-order valence-electron chi connectivity index (χ2n) is 3.28. The molecule has 0 saturated heterocycles. The molecule has 15 heavy (non-hydrogen) atoms. The van der Waals surface area contributed by atoms with E-state index in [-0.39, 0.29) is 0 Å². The van der Waals surface area contributed by atoms with Crippen LogP contribution in [0.1, 0.15) is 23.7 Å². The van der Waals surface area contributed by atoms with E-state index in [0.717, 1.165) is 5.69 Å². The summed E-state index contributed by atoms with van der Waals surface area (Å²) in [5, 5.41) is 6.75. The predicted octanol–water partition coefficient (Wildman–Crippen LogP) is 0.816. The lowest BCUT2D eigenvalue weighted by Crippen LogP contribution is -2.32. The second kappa shape index (κ2) is 4.56. The largest absolute Gasteiger partial charge is 0.373 e. The number of aryl methyl sites for hydroxylation is 1. The van der Waals surface area contributed by atoms with Gasteiger partial charge in [0.25, 0.3) is 0 Å². The van der Waals surface area contributed by atoms with Gasteiger partial charge in [-0.3, -0.25) is 0 Å². The van der Waals surface area contributed by atoms with E-state index in [9.17, 15) is 8.42 Å². The van der Waals surface area contributed by atoms with Crippen molar-refractivity contribution in [1.82, 2.24) is 4.98 Å². The molecule has 0 spiro atoms. The topological polar surface area (TPSA) is 82.3 Å². The van der Waals surface area contributed by atoms with Gasteiger partial charge in [0.2, 0.25) is 10.0 Å². The van der Waals surface area contributed by atoms with Crippen molar-refractivity contribution in [2.24, 2.45) is 5.14 Å². The highest BCUT2D eigenvalue weighted by atomic mass is 32.2. The lowest BCUT2D eigenvalue weighted by atomic mass is 10.3. The van der Waals surface area contributed by atoms with Gasteiger partial charge in [0.05, 0.1) is 0 Å². The van der Waals surface area contributed by atoms with Crippen LogP contribution in [0.4, 0.5) is 0 Å². The normalized spacial score (nSPS) is 16.3. The van der Waals surface area contributed by atoms with Crippen molar-refractivity contribution in [2.45, 2.75) is 25.2 Å². The van der Waals surface area contributed by atoms with Crippen molar-refractivity contribution < 1.29 is 13.2 Å². The van der Waals surface area contributed by atoms with Gasteiger partial charge in [-0.15, -0.1) is 11.3 Å². The first kappa shape index (κ1) is 12.6. The molecule has 7 heteroatoms. The maximum Gasteiger partial charge on any atom is 0.214 e. The molecule has 2 atom stereocenters. The number of rotatable bonds is 4. The number of hydrogen-bond donors (Lipinski definition) is 1. The quantitative estimate of drug-likeness (QED) is 0.857. The van der Waals surface area contributed by atoms with Gasteiger partial charge in [-0.2, -0.15) is 0 Å². The molecule has 0 radical (unpaired) electrons. The zero-order chi connectivity index (χ0) is 11.6. The van der Waals surface area contributed by atoms with Gasteiger partial charge in [0, 0.05) is 18.2 Å². The van der Waals surface area contributed by atoms with E-state index in [0.29, 0.717) is 5.01 Å². The minimum atomic E-state index is -3.61. The molecule has 5 nitrogen and oxygen atoms in total. The van der Waals surface area contributed by atoms with E-state index in [1.807, 2.05) is 12.3 Å². The Morgan fingerprint density at radius 3 is 2.53 bits per heavy atom. The van der Waals surface area contributed by atoms with Gasteiger partial charge >= 0.3 is 0 Å². The number of sulfonamides is 1. The lowest BCUT2D eigenvalue weighted by molar-refractivity contribution is 0.102. The Labute approximate surface area is 93.3 Å². The third-order valence-corrected chi connectivity index (χ3v) is 4.39. The summed E-state index contributed by atoms with van der Waals surface area (Å²) in [4.78, 5) is 4.19. The summed E-state index contributed by atoms with van der Waals surface area (Å²) in [5.74, 6) is 0. The Morgan fingerprint density at radius 1 is 1.60 bits per heavy atom. The first-order valence-corrected chi connectivity index (χ1v) is 6.81. The van der Waals surface area contributed by atoms with E-state index in [2.05, 4.69) is 4.98 Å². The summed E-state index contributed by atoms with van der Waals surface area (Å²) in [7, 11) is -2.16. The van der Waals surface area contributed by atoms with Gasteiger partial charge in [-0.25, -0.2) is 18.5 Å². The Morgan fingerprint density at radius 2 is 2.20 bits per heavy atom. The van der Waals surface area contributed by atoms with Crippen LogP contribution in [0.15, 0.2) is 5.38 Å². The second-order valence-corrected chi connectivity index (χ2v) is 6.09. The highest BCUT2D eigenvalue weighted by Crippen LogP contribution is 2.26. The highest BCUT2D eigenvalue weighted by molar-refractivity contribution is 7.89. The number of nitrogens with zero attached hydrogens (tertiary/aromatic N) is 1. The molecule has 1 aromatic rings. The zero-order valence-electron chi connectivity index (χ0n) is 8.80. The SMILES string of the molecule is COC(c1nc(C)cs1)C(C)S(N)(=O)=O. The minimum absolute atomic E-state index is 0.598. The molecular weight excluding hydrogens is 236 g/mol. The van der Waals surface area contributed by atoms with Crippen molar-refractivity contribution in [3.8, 4) is 0 Å². The minimum Gasteiger partial charge on any atom is -0.373 e. The molecule has 1 aromatic heterocycles. The average Bonchev–Trinajstić information content (AvgIpc) is 2.51. The van der Waals surface area contributed by atoms with Crippen molar-refractivity contribution in [3.05, 3.63) is 16.1 Å². The number of nitrogens with two attached hydrogens (primary N) is 1. The monoisotopic (exact) mass is 250 g/mol. The average molecular weight is 250 g/mol. The standard InChI is InChI=1S/C8H14N2O3S2/c1-5-4-14-8(10-5)7(13-3)6(2)15(9,11)12/h4,6-7H,1-3H3,(H2,9,11,12). The molecule has 0 bridgehead atoms. The van der Waals surface area contributed by atoms with Crippen LogP contribution >= 0.6 is 11.3 Å².